The zero-order valence-corrected chi connectivity index (χ0v) is 20.4. The highest BCUT2D eigenvalue weighted by Gasteiger charge is 2.31. The minimum atomic E-state index is -1.50. The van der Waals surface area contributed by atoms with E-state index in [1.165, 1.54) is 11.8 Å². The number of carbonyl (C=O) groups excluding carboxylic acids is 3. The Balaban J connectivity index is 5.39. The first kappa shape index (κ1) is 31.3. The molecule has 0 saturated carbocycles. The number of amides is 3. The maximum Gasteiger partial charge on any atom is 0.326 e. The van der Waals surface area contributed by atoms with Gasteiger partial charge in [0.15, 0.2) is 5.96 Å². The number of hydrogen-bond acceptors (Lipinski definition) is 9. The van der Waals surface area contributed by atoms with E-state index in [1.807, 2.05) is 0 Å². The van der Waals surface area contributed by atoms with Crippen molar-refractivity contribution in [3.63, 3.8) is 0 Å². The van der Waals surface area contributed by atoms with Crippen LogP contribution in [0.5, 0.6) is 0 Å². The average molecular weight is 524 g/mol. The molecule has 194 valence electrons. The molecule has 0 saturated heterocycles. The molecule has 0 spiro atoms. The summed E-state index contributed by atoms with van der Waals surface area (Å²) < 4.78 is 0. The minimum Gasteiger partial charge on any atom is -0.481 e. The Hall–Kier alpha value is -2.72. The summed E-state index contributed by atoms with van der Waals surface area (Å²) in [5.74, 6) is -4.89. The fraction of sp³-hybridized carbons (Fsp3) is 0.667. The Labute approximate surface area is 206 Å². The van der Waals surface area contributed by atoms with Crippen molar-refractivity contribution in [3.8, 4) is 0 Å². The summed E-state index contributed by atoms with van der Waals surface area (Å²) in [5, 5.41) is 25.5. The number of nitrogens with one attached hydrogen (secondary N) is 3. The highest BCUT2D eigenvalue weighted by molar-refractivity contribution is 7.98. The Bertz CT molecular complexity index is 750. The number of hydrogen-bond donors (Lipinski definition) is 9. The maximum atomic E-state index is 12.8. The van der Waals surface area contributed by atoms with Gasteiger partial charge in [-0.15, -0.1) is 0 Å². The molecule has 16 heteroatoms. The van der Waals surface area contributed by atoms with Gasteiger partial charge in [-0.3, -0.25) is 24.2 Å². The summed E-state index contributed by atoms with van der Waals surface area (Å²) >= 11 is 5.26. The highest BCUT2D eigenvalue weighted by Crippen LogP contribution is 2.06. The number of nitrogens with zero attached hydrogens (tertiary/aromatic N) is 1. The first-order valence-corrected chi connectivity index (χ1v) is 12.2. The van der Waals surface area contributed by atoms with Crippen molar-refractivity contribution in [3.05, 3.63) is 0 Å². The van der Waals surface area contributed by atoms with Crippen LogP contribution in [0.1, 0.15) is 25.7 Å². The third kappa shape index (κ3) is 13.1. The molecular formula is C18H33N7O7S2. The zero-order chi connectivity index (χ0) is 26.3. The normalized spacial score (nSPS) is 14.1. The van der Waals surface area contributed by atoms with Gasteiger partial charge in [-0.05, 0) is 31.3 Å². The van der Waals surface area contributed by atoms with E-state index in [2.05, 4.69) is 33.6 Å². The van der Waals surface area contributed by atoms with Gasteiger partial charge < -0.3 is 43.4 Å². The van der Waals surface area contributed by atoms with E-state index in [-0.39, 0.29) is 37.5 Å². The third-order valence-corrected chi connectivity index (χ3v) is 5.39. The molecule has 0 rings (SSSR count). The lowest BCUT2D eigenvalue weighted by Gasteiger charge is -2.24. The topological polar surface area (TPSA) is 252 Å². The van der Waals surface area contributed by atoms with Crippen molar-refractivity contribution in [2.45, 2.75) is 49.9 Å². The van der Waals surface area contributed by atoms with E-state index in [1.54, 1.807) is 6.26 Å². The molecule has 0 aromatic rings. The van der Waals surface area contributed by atoms with Crippen LogP contribution < -0.4 is 33.2 Å². The quantitative estimate of drug-likeness (QED) is 0.0403. The first-order chi connectivity index (χ1) is 15.9. The van der Waals surface area contributed by atoms with Crippen molar-refractivity contribution >= 4 is 60.0 Å². The molecule has 4 unspecified atom stereocenters. The van der Waals surface area contributed by atoms with Gasteiger partial charge in [0.25, 0.3) is 0 Å². The second-order valence-electron chi connectivity index (χ2n) is 7.14. The van der Waals surface area contributed by atoms with E-state index in [0.29, 0.717) is 5.75 Å². The predicted octanol–water partition coefficient (Wildman–Crippen LogP) is -2.94. The lowest BCUT2D eigenvalue weighted by Crippen LogP contribution is -2.57. The Morgan fingerprint density at radius 2 is 1.50 bits per heavy atom. The number of carboxylic acid groups (broad SMARTS) is 2. The summed E-state index contributed by atoms with van der Waals surface area (Å²) in [6.45, 7) is 0.166. The molecule has 3 amide bonds. The largest absolute Gasteiger partial charge is 0.481 e. The minimum absolute atomic E-state index is 0.0281. The fourth-order valence-electron chi connectivity index (χ4n) is 2.56. The Morgan fingerprint density at radius 1 is 0.941 bits per heavy atom. The second kappa shape index (κ2) is 16.8. The number of carbonyl (C=O) groups is 5. The Kier molecular flexibility index (Phi) is 15.5. The molecule has 14 nitrogen and oxygen atoms in total. The number of rotatable bonds is 17. The van der Waals surface area contributed by atoms with Crippen LogP contribution in [0.15, 0.2) is 4.99 Å². The number of thiol groups is 1. The number of aliphatic imine (C=N–C) groups is 1. The van der Waals surface area contributed by atoms with Crippen LogP contribution in [0.3, 0.4) is 0 Å². The van der Waals surface area contributed by atoms with Gasteiger partial charge >= 0.3 is 11.9 Å². The molecule has 0 aliphatic heterocycles. The smallest absolute Gasteiger partial charge is 0.326 e. The summed E-state index contributed by atoms with van der Waals surface area (Å²) in [6.07, 6.45) is 1.45. The van der Waals surface area contributed by atoms with Crippen LogP contribution >= 0.6 is 24.4 Å². The number of aliphatic carboxylic acids is 2. The van der Waals surface area contributed by atoms with Crippen LogP contribution in [0.25, 0.3) is 0 Å². The van der Waals surface area contributed by atoms with Crippen LogP contribution in [0.2, 0.25) is 0 Å². The van der Waals surface area contributed by atoms with Crippen LogP contribution in [-0.2, 0) is 24.0 Å². The number of guanidine groups is 1. The molecular weight excluding hydrogens is 490 g/mol. The zero-order valence-electron chi connectivity index (χ0n) is 18.7. The fourth-order valence-corrected chi connectivity index (χ4v) is 3.19. The van der Waals surface area contributed by atoms with E-state index in [0.717, 1.165) is 0 Å². The van der Waals surface area contributed by atoms with Gasteiger partial charge in [0.2, 0.25) is 17.7 Å². The van der Waals surface area contributed by atoms with E-state index < -0.39 is 60.2 Å². The van der Waals surface area contributed by atoms with E-state index >= 15 is 0 Å². The molecule has 0 heterocycles. The van der Waals surface area contributed by atoms with Gasteiger partial charge in [0, 0.05) is 12.3 Å². The van der Waals surface area contributed by atoms with Gasteiger partial charge in [-0.1, -0.05) is 0 Å². The maximum absolute atomic E-state index is 12.8. The van der Waals surface area contributed by atoms with E-state index in [4.69, 9.17) is 22.3 Å². The third-order valence-electron chi connectivity index (χ3n) is 4.35. The SMILES string of the molecule is CSCCC(NC(=O)C(CC(=O)O)NC(=O)C(N)CS)C(=O)NC(CCCN=C(N)N)C(=O)O. The lowest BCUT2D eigenvalue weighted by molar-refractivity contribution is -0.143. The molecule has 0 fully saturated rings. The monoisotopic (exact) mass is 523 g/mol. The molecule has 0 aliphatic carbocycles. The van der Waals surface area contributed by atoms with Crippen LogP contribution in [0.4, 0.5) is 0 Å². The number of carboxylic acids is 2. The first-order valence-electron chi connectivity index (χ1n) is 10.2. The van der Waals surface area contributed by atoms with Gasteiger partial charge in [-0.25, -0.2) is 4.79 Å². The van der Waals surface area contributed by atoms with Gasteiger partial charge in [0.1, 0.15) is 18.1 Å². The average Bonchev–Trinajstić information content (AvgIpc) is 2.76. The van der Waals surface area contributed by atoms with Crippen molar-refractivity contribution < 1.29 is 34.2 Å². The molecule has 34 heavy (non-hydrogen) atoms. The van der Waals surface area contributed by atoms with Crippen LogP contribution in [-0.4, -0.2) is 94.3 Å². The molecule has 0 bridgehead atoms. The highest BCUT2D eigenvalue weighted by atomic mass is 32.2. The molecule has 11 N–H and O–H groups in total. The molecule has 0 aromatic carbocycles. The Morgan fingerprint density at radius 3 is 2.00 bits per heavy atom. The lowest BCUT2D eigenvalue weighted by atomic mass is 10.1. The summed E-state index contributed by atoms with van der Waals surface area (Å²) in [7, 11) is 0. The van der Waals surface area contributed by atoms with Crippen LogP contribution in [0, 0.1) is 0 Å². The van der Waals surface area contributed by atoms with Crippen molar-refractivity contribution in [2.24, 2.45) is 22.2 Å². The number of thioether (sulfide) groups is 1. The van der Waals surface area contributed by atoms with Crippen molar-refractivity contribution in [2.75, 3.05) is 24.3 Å². The predicted molar refractivity (Wildman–Crippen MR) is 130 cm³/mol. The summed E-state index contributed by atoms with van der Waals surface area (Å²) in [6, 6.07) is -5.02. The van der Waals surface area contributed by atoms with Crippen molar-refractivity contribution in [1.29, 1.82) is 0 Å². The summed E-state index contributed by atoms with van der Waals surface area (Å²) in [4.78, 5) is 63.9. The molecule has 0 aliphatic rings. The second-order valence-corrected chi connectivity index (χ2v) is 8.49. The molecule has 0 aromatic heterocycles. The van der Waals surface area contributed by atoms with Gasteiger partial charge in [-0.2, -0.15) is 24.4 Å². The van der Waals surface area contributed by atoms with Gasteiger partial charge in [0.05, 0.1) is 12.5 Å². The van der Waals surface area contributed by atoms with E-state index in [9.17, 15) is 29.1 Å². The molecule has 4 atom stereocenters. The molecule has 0 radical (unpaired) electrons. The van der Waals surface area contributed by atoms with Crippen molar-refractivity contribution in [1.82, 2.24) is 16.0 Å². The number of nitrogens with two attached hydrogens (primary N) is 3. The standard InChI is InChI=1S/C18H33N7O7S2/c1-34-6-4-10(15(29)24-11(17(31)32)3-2-5-22-18(20)21)23-16(30)12(7-13(26)27)25-14(28)9(19)8-33/h9-12,33H,2-8,19H2,1H3,(H,23,30)(H,24,29)(H,25,28)(H,26,27)(H,31,32)(H4,20,21,22). The summed E-state index contributed by atoms with van der Waals surface area (Å²) in [5.41, 5.74) is 16.0.